The third-order valence-corrected chi connectivity index (χ3v) is 6.41. The Morgan fingerprint density at radius 2 is 1.55 bits per heavy atom. The van der Waals surface area contributed by atoms with Crippen molar-refractivity contribution in [2.75, 3.05) is 18.0 Å². The van der Waals surface area contributed by atoms with Gasteiger partial charge < -0.3 is 9.64 Å². The molecule has 0 aromatic heterocycles. The van der Waals surface area contributed by atoms with E-state index in [2.05, 4.69) is 18.7 Å². The number of carbonyl (C=O) groups excluding carboxylic acids is 1. The predicted octanol–water partition coefficient (Wildman–Crippen LogP) is 5.25. The molecule has 0 amide bonds. The lowest BCUT2D eigenvalue weighted by atomic mass is 9.86. The van der Waals surface area contributed by atoms with Gasteiger partial charge in [0.25, 0.3) is 6.04 Å². The largest absolute Gasteiger partial charge is 0.372 e. The molecule has 6 heteroatoms. The van der Waals surface area contributed by atoms with E-state index < -0.39 is 11.6 Å². The van der Waals surface area contributed by atoms with Crippen LogP contribution in [0.1, 0.15) is 46.9 Å². The number of fused-ring (bicyclic) bond motifs is 1. The second kappa shape index (κ2) is 9.55. The molecule has 6 nitrogen and oxygen atoms in total. The van der Waals surface area contributed by atoms with Crippen molar-refractivity contribution >= 4 is 11.5 Å². The van der Waals surface area contributed by atoms with E-state index in [0.717, 1.165) is 29.9 Å². The van der Waals surface area contributed by atoms with Crippen LogP contribution in [0.5, 0.6) is 0 Å². The Labute approximate surface area is 194 Å². The maximum absolute atomic E-state index is 13.7. The van der Waals surface area contributed by atoms with Crippen molar-refractivity contribution in [2.45, 2.75) is 38.5 Å². The molecule has 0 radical (unpaired) electrons. The zero-order valence-corrected chi connectivity index (χ0v) is 18.9. The molecule has 0 N–H and O–H groups in total. The summed E-state index contributed by atoms with van der Waals surface area (Å²) >= 11 is 0. The molecule has 0 saturated heterocycles. The third-order valence-electron chi connectivity index (χ3n) is 6.41. The zero-order valence-electron chi connectivity index (χ0n) is 18.9. The molecule has 2 unspecified atom stereocenters. The molecule has 0 aliphatic heterocycles. The zero-order chi connectivity index (χ0) is 23.4. The predicted molar refractivity (Wildman–Crippen MR) is 128 cm³/mol. The first-order valence-electron chi connectivity index (χ1n) is 11.3. The number of Topliss-reactive ketones (excluding diaryl/α,β-unsaturated/α-hetero) is 1. The van der Waals surface area contributed by atoms with Crippen LogP contribution in [0.4, 0.5) is 5.69 Å². The molecule has 0 spiro atoms. The number of hydrogen-bond donors (Lipinski definition) is 0. The molecule has 3 aromatic carbocycles. The fraction of sp³-hybridized carbons (Fsp3) is 0.296. The lowest BCUT2D eigenvalue weighted by Crippen LogP contribution is -2.47. The first kappa shape index (κ1) is 22.7. The third kappa shape index (κ3) is 4.26. The minimum Gasteiger partial charge on any atom is -0.372 e. The maximum Gasteiger partial charge on any atom is 0.275 e. The lowest BCUT2D eigenvalue weighted by Gasteiger charge is -2.30. The number of hydrogen-bond acceptors (Lipinski definition) is 5. The van der Waals surface area contributed by atoms with Gasteiger partial charge in [0.15, 0.2) is 0 Å². The Hall–Kier alpha value is -3.51. The molecule has 0 fully saturated rings. The van der Waals surface area contributed by atoms with Gasteiger partial charge in [0.1, 0.15) is 0 Å². The number of benzene rings is 3. The normalized spacial score (nSPS) is 19.3. The molecule has 4 rings (SSSR count). The van der Waals surface area contributed by atoms with E-state index >= 15 is 0 Å². The first-order chi connectivity index (χ1) is 16.0. The summed E-state index contributed by atoms with van der Waals surface area (Å²) < 4.78 is 6.27. The summed E-state index contributed by atoms with van der Waals surface area (Å²) in [6, 6.07) is 22.8. The van der Waals surface area contributed by atoms with Crippen molar-refractivity contribution in [1.82, 2.24) is 0 Å². The van der Waals surface area contributed by atoms with Crippen LogP contribution in [0.25, 0.3) is 0 Å². The average molecular weight is 445 g/mol. The van der Waals surface area contributed by atoms with E-state index in [1.54, 1.807) is 24.3 Å². The van der Waals surface area contributed by atoms with Gasteiger partial charge in [-0.1, -0.05) is 66.7 Å². The molecule has 2 atom stereocenters. The number of ether oxygens (including phenoxy) is 1. The van der Waals surface area contributed by atoms with Crippen LogP contribution >= 0.6 is 0 Å². The van der Waals surface area contributed by atoms with Crippen LogP contribution in [0.2, 0.25) is 0 Å². The van der Waals surface area contributed by atoms with Gasteiger partial charge in [-0.05, 0) is 37.1 Å². The summed E-state index contributed by atoms with van der Waals surface area (Å²) in [4.78, 5) is 27.9. The number of nitro groups is 1. The van der Waals surface area contributed by atoms with Gasteiger partial charge in [-0.25, -0.2) is 0 Å². The number of carbonyl (C=O) groups is 1. The molecular weight excluding hydrogens is 416 g/mol. The number of nitrogens with zero attached hydrogens (tertiary/aromatic N) is 2. The Morgan fingerprint density at radius 3 is 2.18 bits per heavy atom. The van der Waals surface area contributed by atoms with Crippen LogP contribution in [-0.4, -0.2) is 29.4 Å². The molecule has 1 aliphatic carbocycles. The molecule has 0 heterocycles. The highest BCUT2D eigenvalue weighted by molar-refractivity contribution is 6.07. The summed E-state index contributed by atoms with van der Waals surface area (Å²) in [6.45, 7) is 6.08. The van der Waals surface area contributed by atoms with Gasteiger partial charge >= 0.3 is 0 Å². The highest BCUT2D eigenvalue weighted by Gasteiger charge is 2.61. The summed E-state index contributed by atoms with van der Waals surface area (Å²) in [5.41, 5.74) is 1.94. The topological polar surface area (TPSA) is 72.7 Å². The number of rotatable bonds is 9. The Morgan fingerprint density at radius 1 is 0.909 bits per heavy atom. The minimum absolute atomic E-state index is 0.114. The molecule has 3 aromatic rings. The molecule has 170 valence electrons. The van der Waals surface area contributed by atoms with Crippen LogP contribution < -0.4 is 4.90 Å². The van der Waals surface area contributed by atoms with E-state index in [9.17, 15) is 14.9 Å². The second-order valence-corrected chi connectivity index (χ2v) is 8.28. The van der Waals surface area contributed by atoms with Crippen molar-refractivity contribution in [3.8, 4) is 0 Å². The van der Waals surface area contributed by atoms with E-state index in [1.165, 1.54) is 0 Å². The molecular formula is C27H28N2O4. The van der Waals surface area contributed by atoms with Crippen molar-refractivity contribution in [2.24, 2.45) is 0 Å². The first-order valence-corrected chi connectivity index (χ1v) is 11.3. The van der Waals surface area contributed by atoms with Crippen LogP contribution in [0, 0.1) is 10.1 Å². The lowest BCUT2D eigenvalue weighted by molar-refractivity contribution is -0.548. The van der Waals surface area contributed by atoms with Crippen molar-refractivity contribution in [1.29, 1.82) is 0 Å². The van der Waals surface area contributed by atoms with E-state index in [0.29, 0.717) is 11.1 Å². The van der Waals surface area contributed by atoms with Crippen molar-refractivity contribution in [3.63, 3.8) is 0 Å². The monoisotopic (exact) mass is 444 g/mol. The Balaban J connectivity index is 1.73. The van der Waals surface area contributed by atoms with Crippen LogP contribution in [-0.2, 0) is 17.8 Å². The van der Waals surface area contributed by atoms with Gasteiger partial charge in [0, 0.05) is 41.2 Å². The van der Waals surface area contributed by atoms with Crippen LogP contribution in [0.15, 0.2) is 78.9 Å². The maximum atomic E-state index is 13.7. The molecule has 33 heavy (non-hydrogen) atoms. The summed E-state index contributed by atoms with van der Waals surface area (Å²) in [7, 11) is 0. The summed E-state index contributed by atoms with van der Waals surface area (Å²) in [5, 5.41) is 12.3. The fourth-order valence-electron chi connectivity index (χ4n) is 4.70. The standard InChI is InChI=1S/C27H28N2O4/c1-3-28(4-2)22-16-14-20(15-17-22)18-27(33-19-21-10-6-5-7-11-21)25(29(31)32)23-12-8-9-13-24(23)26(27)30/h5-17,25H,3-4,18-19H2,1-2H3. The highest BCUT2D eigenvalue weighted by atomic mass is 16.6. The second-order valence-electron chi connectivity index (χ2n) is 8.28. The van der Waals surface area contributed by atoms with Gasteiger partial charge in [-0.3, -0.25) is 14.9 Å². The quantitative estimate of drug-likeness (QED) is 0.333. The SMILES string of the molecule is CCN(CC)c1ccc(CC2(OCc3ccccc3)C(=O)c3ccccc3C2[N+](=O)[O-])cc1. The van der Waals surface area contributed by atoms with Crippen LogP contribution in [0.3, 0.4) is 0 Å². The van der Waals surface area contributed by atoms with Gasteiger partial charge in [-0.15, -0.1) is 0 Å². The Bertz CT molecular complexity index is 1130. The van der Waals surface area contributed by atoms with Gasteiger partial charge in [0.2, 0.25) is 11.4 Å². The van der Waals surface area contributed by atoms with E-state index in [1.807, 2.05) is 54.6 Å². The molecule has 0 bridgehead atoms. The average Bonchev–Trinajstić information content (AvgIpc) is 3.08. The fourth-order valence-corrected chi connectivity index (χ4v) is 4.70. The smallest absolute Gasteiger partial charge is 0.275 e. The summed E-state index contributed by atoms with van der Waals surface area (Å²) in [5.74, 6) is -0.330. The van der Waals surface area contributed by atoms with Gasteiger partial charge in [0.05, 0.1) is 6.61 Å². The molecule has 1 aliphatic rings. The minimum atomic E-state index is -1.61. The summed E-state index contributed by atoms with van der Waals surface area (Å²) in [6.07, 6.45) is 0.123. The van der Waals surface area contributed by atoms with Crippen molar-refractivity contribution < 1.29 is 14.5 Å². The van der Waals surface area contributed by atoms with E-state index in [-0.39, 0.29) is 23.7 Å². The van der Waals surface area contributed by atoms with E-state index in [4.69, 9.17) is 4.74 Å². The Kier molecular flexibility index (Phi) is 6.56. The number of ketones is 1. The molecule has 0 saturated carbocycles. The van der Waals surface area contributed by atoms with Gasteiger partial charge in [-0.2, -0.15) is 0 Å². The number of anilines is 1. The highest BCUT2D eigenvalue weighted by Crippen LogP contribution is 2.46. The van der Waals surface area contributed by atoms with Crippen molar-refractivity contribution in [3.05, 3.63) is 111 Å².